The molecule has 11 nitrogen and oxygen atoms in total. The lowest BCUT2D eigenvalue weighted by atomic mass is 9.77. The quantitative estimate of drug-likeness (QED) is 0.0476. The lowest BCUT2D eigenvalue weighted by Crippen LogP contribution is -2.58. The fourth-order valence-electron chi connectivity index (χ4n) is 11.6. The summed E-state index contributed by atoms with van der Waals surface area (Å²) in [5.74, 6) is -0.622. The van der Waals surface area contributed by atoms with Crippen LogP contribution in [-0.4, -0.2) is 114 Å². The van der Waals surface area contributed by atoms with Gasteiger partial charge in [0, 0.05) is 32.3 Å². The number of hydrogen-bond donors (Lipinski definition) is 0. The van der Waals surface area contributed by atoms with E-state index in [0.29, 0.717) is 38.5 Å². The van der Waals surface area contributed by atoms with Crippen LogP contribution in [0.4, 0.5) is 0 Å². The molecule has 0 radical (unpaired) electrons. The Morgan fingerprint density at radius 3 is 2.27 bits per heavy atom. The molecule has 0 spiro atoms. The van der Waals surface area contributed by atoms with Gasteiger partial charge < -0.3 is 37.6 Å². The van der Waals surface area contributed by atoms with E-state index >= 15 is 13.2 Å². The summed E-state index contributed by atoms with van der Waals surface area (Å²) in [6.07, 6.45) is 6.65. The van der Waals surface area contributed by atoms with Gasteiger partial charge in [-0.05, 0) is 127 Å². The molecule has 0 saturated carbocycles. The summed E-state index contributed by atoms with van der Waals surface area (Å²) in [6, 6.07) is 8.36. The van der Waals surface area contributed by atoms with E-state index in [4.69, 9.17) is 32.8 Å². The summed E-state index contributed by atoms with van der Waals surface area (Å²) in [5.41, 5.74) is 2.00. The molecule has 0 aliphatic carbocycles. The second-order valence-electron chi connectivity index (χ2n) is 23.1. The minimum atomic E-state index is -4.28. The molecule has 70 heavy (non-hydrogen) atoms. The lowest BCUT2D eigenvalue weighted by Gasteiger charge is -2.51. The largest absolute Gasteiger partial charge is 0.408 e. The van der Waals surface area contributed by atoms with E-state index in [1.54, 1.807) is 37.4 Å². The van der Waals surface area contributed by atoms with Crippen molar-refractivity contribution in [2.75, 3.05) is 7.11 Å². The smallest absolute Gasteiger partial charge is 0.193 e. The van der Waals surface area contributed by atoms with Crippen molar-refractivity contribution in [1.82, 2.24) is 0 Å². The predicted molar refractivity (Wildman–Crippen MR) is 287 cm³/mol. The van der Waals surface area contributed by atoms with Gasteiger partial charge in [-0.3, -0.25) is 4.79 Å². The number of carbonyl (C=O) groups excluding carboxylic acids is 2. The first-order valence-electron chi connectivity index (χ1n) is 26.4. The number of ketones is 1. The van der Waals surface area contributed by atoms with Crippen LogP contribution in [0.2, 0.25) is 18.1 Å². The van der Waals surface area contributed by atoms with E-state index in [1.807, 2.05) is 4.08 Å². The summed E-state index contributed by atoms with van der Waals surface area (Å²) < 4.78 is 80.2. The topological polar surface area (TPSA) is 133 Å². The zero-order valence-electron chi connectivity index (χ0n) is 44.2. The normalized spacial score (nSPS) is 35.7. The monoisotopic (exact) mass is 1120 g/mol. The highest BCUT2D eigenvalue weighted by Crippen LogP contribution is 2.47. The average Bonchev–Trinajstić information content (AvgIpc) is 3.84. The Bertz CT molecular complexity index is 2060. The molecule has 5 aliphatic heterocycles. The molecule has 6 unspecified atom stereocenters. The van der Waals surface area contributed by atoms with E-state index in [2.05, 4.69) is 110 Å². The Labute approximate surface area is 436 Å². The number of hydrogen-bond acceptors (Lipinski definition) is 11. The maximum Gasteiger partial charge on any atom is 0.193 e. The van der Waals surface area contributed by atoms with Crippen LogP contribution in [0, 0.1) is 29.6 Å². The third kappa shape index (κ3) is 13.4. The van der Waals surface area contributed by atoms with Crippen molar-refractivity contribution in [2.24, 2.45) is 29.6 Å². The maximum absolute atomic E-state index is 15.4. The van der Waals surface area contributed by atoms with Crippen molar-refractivity contribution in [3.63, 3.8) is 0 Å². The molecule has 6 rings (SSSR count). The standard InChI is InChI=1S/C56H87IO11SSi/c1-14-34(2)29-50-54(62-11)51(49(66-50)33-48-37(5)35(3)30-41(64-48)22-24-45-36(4)31-40(63-45)19-18-28-58)55(69(60,61)43-20-16-15-17-21-43)44(59)32-42-23-25-46-52(65-42)38(6)39(7)53(67-46)47(26-27-57)68-70(12,13)56(8,9)10/h15-17,20-21,26-28,34-35,38-42,45-55H,4-5,14,18-19,22-25,29-33H2,1-3,6-13H3/b27-26+/t34-,35-,38-,39+,40+,41?,42?,45+,46?,47+,48?,49+,50-,51+,52?,53-,54+,55?/m1/s1. The van der Waals surface area contributed by atoms with Gasteiger partial charge >= 0.3 is 0 Å². The Morgan fingerprint density at radius 1 is 0.929 bits per heavy atom. The van der Waals surface area contributed by atoms with Crippen LogP contribution in [0.3, 0.4) is 0 Å². The fourth-order valence-corrected chi connectivity index (χ4v) is 15.3. The van der Waals surface area contributed by atoms with Gasteiger partial charge in [0.05, 0.1) is 78.1 Å². The summed E-state index contributed by atoms with van der Waals surface area (Å²) >= 11 is 2.26. The zero-order valence-corrected chi connectivity index (χ0v) is 48.2. The third-order valence-corrected chi connectivity index (χ3v) is 24.3. The summed E-state index contributed by atoms with van der Waals surface area (Å²) in [7, 11) is -4.81. The van der Waals surface area contributed by atoms with Gasteiger partial charge in [-0.25, -0.2) is 8.42 Å². The highest BCUT2D eigenvalue weighted by molar-refractivity contribution is 14.1. The van der Waals surface area contributed by atoms with E-state index in [-0.39, 0.29) is 88.5 Å². The summed E-state index contributed by atoms with van der Waals surface area (Å²) in [5, 5.41) is -1.43. The second kappa shape index (κ2) is 24.8. The lowest BCUT2D eigenvalue weighted by molar-refractivity contribution is -0.237. The predicted octanol–water partition coefficient (Wildman–Crippen LogP) is 11.8. The Hall–Kier alpha value is -1.60. The minimum absolute atomic E-state index is 0.00900. The number of rotatable bonds is 22. The molecule has 5 aliphatic rings. The van der Waals surface area contributed by atoms with E-state index in [9.17, 15) is 4.79 Å². The number of Topliss-reactive ketones (excluding diaryl/α,β-unsaturated/α-hetero) is 1. The first kappa shape index (κ1) is 57.7. The van der Waals surface area contributed by atoms with Crippen LogP contribution in [-0.2, 0) is 52.3 Å². The van der Waals surface area contributed by atoms with Gasteiger partial charge in [0.1, 0.15) is 11.5 Å². The Balaban J connectivity index is 1.25. The van der Waals surface area contributed by atoms with Crippen molar-refractivity contribution < 1.29 is 50.9 Å². The summed E-state index contributed by atoms with van der Waals surface area (Å²) in [4.78, 5) is 26.5. The Kier molecular flexibility index (Phi) is 20.5. The SMILES string of the molecule is C=C1C(C[C@@H]2O[C@H](C[C@H](C)CC)[C@H](OC)[C@H]2C(C(=O)CC2CCC3O[C@@H]([C@H](/C=C/I)O[Si](C)(C)C(C)(C)C)[C@@H](C)[C@@H](C)C3O2)S(=O)(=O)c2ccccc2)OC(CC[C@@H]2O[C@@H](CCC=O)CC2=C)C[C@H]1C. The molecule has 18 atom stereocenters. The number of sulfone groups is 1. The van der Waals surface area contributed by atoms with E-state index < -0.39 is 59.8 Å². The molecule has 0 N–H and O–H groups in total. The van der Waals surface area contributed by atoms with Gasteiger partial charge in [-0.1, -0.05) is 116 Å². The van der Waals surface area contributed by atoms with Gasteiger partial charge in [-0.2, -0.15) is 0 Å². The highest BCUT2D eigenvalue weighted by Gasteiger charge is 2.57. The number of fused-ring (bicyclic) bond motifs is 1. The van der Waals surface area contributed by atoms with Crippen molar-refractivity contribution in [1.29, 1.82) is 0 Å². The molecule has 0 bridgehead atoms. The van der Waals surface area contributed by atoms with E-state index in [0.717, 1.165) is 49.5 Å². The molecule has 1 aromatic carbocycles. The van der Waals surface area contributed by atoms with Crippen molar-refractivity contribution in [3.05, 3.63) is 64.8 Å². The molecule has 5 heterocycles. The average molecular weight is 1120 g/mol. The molecular formula is C56H87IO11SSi. The van der Waals surface area contributed by atoms with Crippen molar-refractivity contribution >= 4 is 52.8 Å². The molecular weight excluding hydrogens is 1040 g/mol. The minimum Gasteiger partial charge on any atom is -0.408 e. The maximum atomic E-state index is 15.4. The van der Waals surface area contributed by atoms with Crippen molar-refractivity contribution in [3.8, 4) is 0 Å². The summed E-state index contributed by atoms with van der Waals surface area (Å²) in [6.45, 7) is 31.0. The van der Waals surface area contributed by atoms with Crippen molar-refractivity contribution in [2.45, 2.75) is 234 Å². The number of carbonyl (C=O) groups is 2. The zero-order chi connectivity index (χ0) is 51.3. The van der Waals surface area contributed by atoms with Gasteiger partial charge in [0.15, 0.2) is 23.9 Å². The first-order valence-corrected chi connectivity index (χ1v) is 32.1. The van der Waals surface area contributed by atoms with Crippen LogP contribution in [0.15, 0.2) is 69.7 Å². The third-order valence-electron chi connectivity index (χ3n) is 17.3. The van der Waals surface area contributed by atoms with Crippen LogP contribution < -0.4 is 0 Å². The molecule has 5 fully saturated rings. The van der Waals surface area contributed by atoms with Gasteiger partial charge in [0.25, 0.3) is 0 Å². The molecule has 0 aromatic heterocycles. The molecule has 1 aromatic rings. The second-order valence-corrected chi connectivity index (χ2v) is 30.7. The molecule has 5 saturated heterocycles. The number of halogens is 1. The first-order chi connectivity index (χ1) is 33.0. The highest BCUT2D eigenvalue weighted by atomic mass is 127. The number of ether oxygens (including phenoxy) is 6. The number of aldehydes is 1. The Morgan fingerprint density at radius 2 is 1.63 bits per heavy atom. The fraction of sp³-hybridized carbons (Fsp3) is 0.750. The van der Waals surface area contributed by atoms with Crippen LogP contribution in [0.5, 0.6) is 0 Å². The van der Waals surface area contributed by atoms with Crippen LogP contribution in [0.1, 0.15) is 132 Å². The van der Waals surface area contributed by atoms with Crippen LogP contribution in [0.25, 0.3) is 0 Å². The molecule has 394 valence electrons. The van der Waals surface area contributed by atoms with Gasteiger partial charge in [0.2, 0.25) is 0 Å². The molecule has 0 amide bonds. The molecule has 14 heteroatoms. The van der Waals surface area contributed by atoms with Gasteiger partial charge in [-0.15, -0.1) is 0 Å². The number of methoxy groups -OCH3 is 1. The van der Waals surface area contributed by atoms with E-state index in [1.165, 1.54) is 0 Å². The van der Waals surface area contributed by atoms with Crippen LogP contribution >= 0.6 is 22.6 Å². The number of benzene rings is 1.